The largest absolute Gasteiger partial charge is 0.405 e. The highest BCUT2D eigenvalue weighted by Crippen LogP contribution is 2.20. The molecule has 4 nitrogen and oxygen atoms in total. The number of carbonyl (C=O) groups excluding carboxylic acids is 1. The summed E-state index contributed by atoms with van der Waals surface area (Å²) in [4.78, 5) is 10.9. The first-order valence-electron chi connectivity index (χ1n) is 4.50. The van der Waals surface area contributed by atoms with Gasteiger partial charge in [0.05, 0.1) is 10.5 Å². The van der Waals surface area contributed by atoms with Crippen LogP contribution in [0.4, 0.5) is 13.2 Å². The van der Waals surface area contributed by atoms with Gasteiger partial charge in [0, 0.05) is 10.7 Å². The minimum absolute atomic E-state index is 0.434. The first-order valence-corrected chi connectivity index (χ1v) is 6.81. The molecule has 1 aromatic carbocycles. The summed E-state index contributed by atoms with van der Waals surface area (Å²) in [5.41, 5.74) is -0.434. The molecule has 1 rings (SSSR count). The van der Waals surface area contributed by atoms with E-state index in [2.05, 4.69) is 0 Å². The van der Waals surface area contributed by atoms with Crippen molar-refractivity contribution in [2.45, 2.75) is 11.1 Å². The highest BCUT2D eigenvalue weighted by Gasteiger charge is 2.29. The van der Waals surface area contributed by atoms with Gasteiger partial charge in [0.15, 0.2) is 0 Å². The summed E-state index contributed by atoms with van der Waals surface area (Å²) in [6, 6.07) is 4.72. The zero-order valence-corrected chi connectivity index (χ0v) is 10.2. The molecule has 0 radical (unpaired) electrons. The summed E-state index contributed by atoms with van der Waals surface area (Å²) < 4.78 is 58.0. The lowest BCUT2D eigenvalue weighted by Gasteiger charge is -2.10. The molecule has 18 heavy (non-hydrogen) atoms. The summed E-state index contributed by atoms with van der Waals surface area (Å²) in [5.74, 6) is -1.16. The Morgan fingerprint density at radius 1 is 1.28 bits per heavy atom. The summed E-state index contributed by atoms with van der Waals surface area (Å²) in [7, 11) is 0.866. The number of carbonyl (C=O) groups is 1. The third-order valence-corrected chi connectivity index (χ3v) is 3.22. The van der Waals surface area contributed by atoms with E-state index >= 15 is 0 Å². The second-order valence-corrected chi connectivity index (χ2v) is 5.77. The van der Waals surface area contributed by atoms with Crippen molar-refractivity contribution in [2.24, 2.45) is 0 Å². The normalized spacial score (nSPS) is 12.2. The third kappa shape index (κ3) is 4.19. The molecule has 0 unspecified atom stereocenters. The van der Waals surface area contributed by atoms with Crippen LogP contribution in [0.25, 0.3) is 0 Å². The highest BCUT2D eigenvalue weighted by atomic mass is 35.7. The highest BCUT2D eigenvalue weighted by molar-refractivity contribution is 8.13. The Hall–Kier alpha value is -1.28. The molecule has 1 N–H and O–H groups in total. The Morgan fingerprint density at radius 2 is 1.83 bits per heavy atom. The van der Waals surface area contributed by atoms with Crippen molar-refractivity contribution in [3.8, 4) is 0 Å². The molecule has 0 spiro atoms. The van der Waals surface area contributed by atoms with Crippen molar-refractivity contribution in [3.63, 3.8) is 0 Å². The van der Waals surface area contributed by atoms with Crippen LogP contribution in [-0.2, 0) is 9.05 Å². The van der Waals surface area contributed by atoms with Gasteiger partial charge in [0.1, 0.15) is 6.54 Å². The van der Waals surface area contributed by atoms with E-state index in [1.165, 1.54) is 12.1 Å². The zero-order chi connectivity index (χ0) is 14.0. The molecule has 0 aromatic heterocycles. The Labute approximate surface area is 105 Å². The fraction of sp³-hybridized carbons (Fsp3) is 0.222. The fourth-order valence-electron chi connectivity index (χ4n) is 1.14. The lowest BCUT2D eigenvalue weighted by molar-refractivity contribution is -0.123. The van der Waals surface area contributed by atoms with E-state index in [0.717, 1.165) is 12.1 Å². The number of hydrogen-bond acceptors (Lipinski definition) is 3. The number of nitrogens with one attached hydrogen (secondary N) is 1. The van der Waals surface area contributed by atoms with Gasteiger partial charge in [-0.1, -0.05) is 12.1 Å². The average Bonchev–Trinajstić information content (AvgIpc) is 2.24. The molecule has 0 saturated heterocycles. The van der Waals surface area contributed by atoms with Crippen molar-refractivity contribution >= 4 is 25.6 Å². The maximum Gasteiger partial charge on any atom is 0.405 e. The van der Waals surface area contributed by atoms with Gasteiger partial charge in [-0.3, -0.25) is 4.79 Å². The lowest BCUT2D eigenvalue weighted by Crippen LogP contribution is -2.34. The average molecular weight is 302 g/mol. The predicted molar refractivity (Wildman–Crippen MR) is 57.9 cm³/mol. The molecule has 100 valence electrons. The molecule has 0 aliphatic carbocycles. The maximum atomic E-state index is 11.9. The molecule has 0 saturated carbocycles. The van der Waals surface area contributed by atoms with E-state index in [4.69, 9.17) is 10.7 Å². The monoisotopic (exact) mass is 301 g/mol. The molecule has 9 heteroatoms. The van der Waals surface area contributed by atoms with Gasteiger partial charge in [-0.25, -0.2) is 8.42 Å². The molecule has 0 atom stereocenters. The standard InChI is InChI=1S/C9H7ClF3NO3S/c10-18(16,17)7-4-2-1-3-6(7)8(15)14-5-9(11,12)13/h1-4H,5H2,(H,14,15). The molecule has 0 heterocycles. The molecule has 1 aromatic rings. The number of benzene rings is 1. The Morgan fingerprint density at radius 3 is 2.33 bits per heavy atom. The predicted octanol–water partition coefficient (Wildman–Crippen LogP) is 1.91. The van der Waals surface area contributed by atoms with Gasteiger partial charge in [-0.2, -0.15) is 13.2 Å². The summed E-state index contributed by atoms with van der Waals surface area (Å²) >= 11 is 0. The molecule has 1 amide bonds. The molecule has 0 fully saturated rings. The summed E-state index contributed by atoms with van der Waals surface area (Å²) in [5, 5.41) is 1.56. The summed E-state index contributed by atoms with van der Waals surface area (Å²) in [6.45, 7) is -1.55. The van der Waals surface area contributed by atoms with E-state index < -0.39 is 38.1 Å². The molecule has 0 bridgehead atoms. The van der Waals surface area contributed by atoms with E-state index in [0.29, 0.717) is 0 Å². The quantitative estimate of drug-likeness (QED) is 0.867. The van der Waals surface area contributed by atoms with Crippen molar-refractivity contribution in [1.82, 2.24) is 5.32 Å². The first kappa shape index (κ1) is 14.8. The van der Waals surface area contributed by atoms with Crippen molar-refractivity contribution < 1.29 is 26.4 Å². The zero-order valence-electron chi connectivity index (χ0n) is 8.66. The smallest absolute Gasteiger partial charge is 0.343 e. The number of amides is 1. The number of rotatable bonds is 3. The molecule has 0 aliphatic heterocycles. The topological polar surface area (TPSA) is 63.2 Å². The maximum absolute atomic E-state index is 11.9. The van der Waals surface area contributed by atoms with Crippen molar-refractivity contribution in [1.29, 1.82) is 0 Å². The van der Waals surface area contributed by atoms with Crippen molar-refractivity contribution in [2.75, 3.05) is 6.54 Å². The minimum Gasteiger partial charge on any atom is -0.343 e. The van der Waals surface area contributed by atoms with Crippen LogP contribution in [0.2, 0.25) is 0 Å². The lowest BCUT2D eigenvalue weighted by atomic mass is 10.2. The second kappa shape index (κ2) is 5.15. The number of alkyl halides is 3. The number of halogens is 4. The van der Waals surface area contributed by atoms with Crippen LogP contribution in [-0.4, -0.2) is 27.0 Å². The van der Waals surface area contributed by atoms with Crippen LogP contribution < -0.4 is 5.32 Å². The minimum atomic E-state index is -4.58. The van der Waals surface area contributed by atoms with Crippen molar-refractivity contribution in [3.05, 3.63) is 29.8 Å². The van der Waals surface area contributed by atoms with E-state index in [1.807, 2.05) is 0 Å². The Kier molecular flexibility index (Phi) is 4.23. The van der Waals surface area contributed by atoms with Gasteiger partial charge in [0.2, 0.25) is 0 Å². The van der Waals surface area contributed by atoms with Gasteiger partial charge in [-0.15, -0.1) is 0 Å². The van der Waals surface area contributed by atoms with Gasteiger partial charge < -0.3 is 5.32 Å². The van der Waals surface area contributed by atoms with Crippen LogP contribution in [0.5, 0.6) is 0 Å². The number of hydrogen-bond donors (Lipinski definition) is 1. The van der Waals surface area contributed by atoms with E-state index in [9.17, 15) is 26.4 Å². The molecular weight excluding hydrogens is 295 g/mol. The third-order valence-electron chi connectivity index (χ3n) is 1.84. The van der Waals surface area contributed by atoms with Gasteiger partial charge in [-0.05, 0) is 12.1 Å². The fourth-order valence-corrected chi connectivity index (χ4v) is 2.21. The summed E-state index contributed by atoms with van der Waals surface area (Å²) in [6.07, 6.45) is -4.58. The van der Waals surface area contributed by atoms with Crippen LogP contribution in [0, 0.1) is 0 Å². The Balaban J connectivity index is 3.01. The molecular formula is C9H7ClF3NO3S. The second-order valence-electron chi connectivity index (χ2n) is 3.23. The van der Waals surface area contributed by atoms with E-state index in [1.54, 1.807) is 5.32 Å². The van der Waals surface area contributed by atoms with Crippen LogP contribution in [0.3, 0.4) is 0 Å². The SMILES string of the molecule is O=C(NCC(F)(F)F)c1ccccc1S(=O)(=O)Cl. The van der Waals surface area contributed by atoms with Crippen LogP contribution in [0.15, 0.2) is 29.2 Å². The van der Waals surface area contributed by atoms with Crippen LogP contribution >= 0.6 is 10.7 Å². The molecule has 0 aliphatic rings. The van der Waals surface area contributed by atoms with Gasteiger partial charge >= 0.3 is 6.18 Å². The van der Waals surface area contributed by atoms with Gasteiger partial charge in [0.25, 0.3) is 15.0 Å². The first-order chi connectivity index (χ1) is 8.11. The van der Waals surface area contributed by atoms with Crippen LogP contribution in [0.1, 0.15) is 10.4 Å². The van der Waals surface area contributed by atoms with E-state index in [-0.39, 0.29) is 0 Å². The Bertz CT molecular complexity index is 556.